The molecule has 14 heavy (non-hydrogen) atoms. The van der Waals surface area contributed by atoms with Crippen molar-refractivity contribution in [2.24, 2.45) is 11.1 Å². The van der Waals surface area contributed by atoms with Gasteiger partial charge in [-0.05, 0) is 36.0 Å². The van der Waals surface area contributed by atoms with Gasteiger partial charge < -0.3 is 5.73 Å². The number of hydrogen-bond acceptors (Lipinski definition) is 2. The number of pyridine rings is 1. The largest absolute Gasteiger partial charge is 0.323 e. The topological polar surface area (TPSA) is 38.9 Å². The van der Waals surface area contributed by atoms with Crippen LogP contribution in [0.25, 0.3) is 0 Å². The molecular formula is C12H20N2. The average molecular weight is 192 g/mol. The summed E-state index contributed by atoms with van der Waals surface area (Å²) < 4.78 is 0. The van der Waals surface area contributed by atoms with Gasteiger partial charge in [0.15, 0.2) is 0 Å². The first-order valence-electron chi connectivity index (χ1n) is 5.15. The lowest BCUT2D eigenvalue weighted by Gasteiger charge is -2.31. The number of hydrogen-bond donors (Lipinski definition) is 1. The van der Waals surface area contributed by atoms with Crippen LogP contribution >= 0.6 is 0 Å². The van der Waals surface area contributed by atoms with Gasteiger partial charge in [-0.25, -0.2) is 0 Å². The van der Waals surface area contributed by atoms with Crippen LogP contribution in [0.15, 0.2) is 18.5 Å². The van der Waals surface area contributed by atoms with E-state index in [0.717, 1.165) is 6.42 Å². The van der Waals surface area contributed by atoms with Crippen molar-refractivity contribution in [1.82, 2.24) is 4.98 Å². The lowest BCUT2D eigenvalue weighted by molar-refractivity contribution is 0.277. The van der Waals surface area contributed by atoms with E-state index in [0.29, 0.717) is 0 Å². The van der Waals surface area contributed by atoms with E-state index in [9.17, 15) is 0 Å². The Hall–Kier alpha value is -0.890. The Morgan fingerprint density at radius 2 is 2.14 bits per heavy atom. The van der Waals surface area contributed by atoms with Gasteiger partial charge in [0.1, 0.15) is 0 Å². The fraction of sp³-hybridized carbons (Fsp3) is 0.583. The van der Waals surface area contributed by atoms with E-state index in [1.807, 2.05) is 18.5 Å². The SMILES string of the molecule is CCC(C)(C)C(N)c1cnccc1C. The van der Waals surface area contributed by atoms with Crippen LogP contribution in [0.1, 0.15) is 44.4 Å². The molecule has 1 heterocycles. The Balaban J connectivity index is 3.00. The summed E-state index contributed by atoms with van der Waals surface area (Å²) in [5.74, 6) is 0. The molecule has 0 amide bonds. The molecule has 1 rings (SSSR count). The van der Waals surface area contributed by atoms with E-state index < -0.39 is 0 Å². The molecule has 0 saturated carbocycles. The Kier molecular flexibility index (Phi) is 3.27. The van der Waals surface area contributed by atoms with Gasteiger partial charge in [-0.3, -0.25) is 4.98 Å². The molecule has 2 nitrogen and oxygen atoms in total. The highest BCUT2D eigenvalue weighted by Crippen LogP contribution is 2.34. The van der Waals surface area contributed by atoms with Crippen molar-refractivity contribution in [3.05, 3.63) is 29.6 Å². The minimum atomic E-state index is 0.0706. The van der Waals surface area contributed by atoms with Gasteiger partial charge in [0.2, 0.25) is 0 Å². The predicted octanol–water partition coefficient (Wildman–Crippen LogP) is 2.83. The van der Waals surface area contributed by atoms with Gasteiger partial charge in [0.25, 0.3) is 0 Å². The van der Waals surface area contributed by atoms with Crippen molar-refractivity contribution in [2.45, 2.75) is 40.2 Å². The van der Waals surface area contributed by atoms with Gasteiger partial charge in [-0.15, -0.1) is 0 Å². The highest BCUT2D eigenvalue weighted by atomic mass is 14.7. The van der Waals surface area contributed by atoms with Crippen molar-refractivity contribution in [3.63, 3.8) is 0 Å². The van der Waals surface area contributed by atoms with Gasteiger partial charge in [-0.2, -0.15) is 0 Å². The summed E-state index contributed by atoms with van der Waals surface area (Å²) in [5, 5.41) is 0. The normalized spacial score (nSPS) is 14.1. The van der Waals surface area contributed by atoms with Crippen molar-refractivity contribution in [3.8, 4) is 0 Å². The Labute approximate surface area is 86.5 Å². The van der Waals surface area contributed by atoms with Crippen LogP contribution in [0.3, 0.4) is 0 Å². The fourth-order valence-electron chi connectivity index (χ4n) is 1.44. The molecular weight excluding hydrogens is 172 g/mol. The molecule has 0 aliphatic heterocycles. The zero-order valence-corrected chi connectivity index (χ0v) is 9.54. The number of rotatable bonds is 3. The minimum absolute atomic E-state index is 0.0706. The monoisotopic (exact) mass is 192 g/mol. The van der Waals surface area contributed by atoms with E-state index in [4.69, 9.17) is 5.73 Å². The van der Waals surface area contributed by atoms with Gasteiger partial charge >= 0.3 is 0 Å². The lowest BCUT2D eigenvalue weighted by Crippen LogP contribution is -2.29. The van der Waals surface area contributed by atoms with Crippen LogP contribution in [0, 0.1) is 12.3 Å². The molecule has 1 aromatic heterocycles. The molecule has 2 N–H and O–H groups in total. The molecule has 0 fully saturated rings. The first-order valence-corrected chi connectivity index (χ1v) is 5.15. The minimum Gasteiger partial charge on any atom is -0.323 e. The molecule has 0 aliphatic carbocycles. The third-order valence-corrected chi connectivity index (χ3v) is 3.17. The summed E-state index contributed by atoms with van der Waals surface area (Å²) in [6.07, 6.45) is 4.77. The smallest absolute Gasteiger partial charge is 0.0364 e. The van der Waals surface area contributed by atoms with Crippen molar-refractivity contribution >= 4 is 0 Å². The fourth-order valence-corrected chi connectivity index (χ4v) is 1.44. The van der Waals surface area contributed by atoms with Gasteiger partial charge in [0, 0.05) is 18.4 Å². The lowest BCUT2D eigenvalue weighted by atomic mass is 9.78. The van der Waals surface area contributed by atoms with E-state index in [1.54, 1.807) is 0 Å². The molecule has 0 radical (unpaired) electrons. The molecule has 0 bridgehead atoms. The third-order valence-electron chi connectivity index (χ3n) is 3.17. The highest BCUT2D eigenvalue weighted by molar-refractivity contribution is 5.26. The molecule has 1 unspecified atom stereocenters. The first kappa shape index (κ1) is 11.2. The maximum atomic E-state index is 6.24. The standard InChI is InChI=1S/C12H20N2/c1-5-12(3,4)11(13)10-8-14-7-6-9(10)2/h6-8,11H,5,13H2,1-4H3. The van der Waals surface area contributed by atoms with Crippen molar-refractivity contribution < 1.29 is 0 Å². The predicted molar refractivity (Wildman–Crippen MR) is 60.0 cm³/mol. The number of nitrogens with zero attached hydrogens (tertiary/aromatic N) is 1. The van der Waals surface area contributed by atoms with Crippen LogP contribution in [0.5, 0.6) is 0 Å². The maximum Gasteiger partial charge on any atom is 0.0364 e. The Morgan fingerprint density at radius 1 is 1.50 bits per heavy atom. The summed E-state index contributed by atoms with van der Waals surface area (Å²) in [6, 6.07) is 2.09. The van der Waals surface area contributed by atoms with E-state index in [2.05, 4.69) is 32.7 Å². The maximum absolute atomic E-state index is 6.24. The van der Waals surface area contributed by atoms with Crippen LogP contribution in [0.2, 0.25) is 0 Å². The molecule has 1 atom stereocenters. The number of aromatic nitrogens is 1. The van der Waals surface area contributed by atoms with Gasteiger partial charge in [-0.1, -0.05) is 20.8 Å². The summed E-state index contributed by atoms with van der Waals surface area (Å²) in [5.41, 5.74) is 8.77. The molecule has 0 spiro atoms. The van der Waals surface area contributed by atoms with Crippen LogP contribution in [-0.2, 0) is 0 Å². The second-order valence-corrected chi connectivity index (χ2v) is 4.55. The van der Waals surface area contributed by atoms with Gasteiger partial charge in [0.05, 0.1) is 0 Å². The third kappa shape index (κ3) is 2.13. The second-order valence-electron chi connectivity index (χ2n) is 4.55. The van der Waals surface area contributed by atoms with E-state index >= 15 is 0 Å². The van der Waals surface area contributed by atoms with Crippen LogP contribution in [-0.4, -0.2) is 4.98 Å². The zero-order chi connectivity index (χ0) is 10.8. The molecule has 2 heteroatoms. The first-order chi connectivity index (χ1) is 6.49. The number of nitrogens with two attached hydrogens (primary N) is 1. The molecule has 0 aliphatic rings. The molecule has 1 aromatic rings. The van der Waals surface area contributed by atoms with Crippen molar-refractivity contribution in [2.75, 3.05) is 0 Å². The van der Waals surface area contributed by atoms with Crippen LogP contribution in [0.4, 0.5) is 0 Å². The average Bonchev–Trinajstić information content (AvgIpc) is 2.17. The quantitative estimate of drug-likeness (QED) is 0.799. The van der Waals surface area contributed by atoms with E-state index in [1.165, 1.54) is 11.1 Å². The summed E-state index contributed by atoms with van der Waals surface area (Å²) >= 11 is 0. The zero-order valence-electron chi connectivity index (χ0n) is 9.54. The molecule has 0 aromatic carbocycles. The molecule has 78 valence electrons. The summed E-state index contributed by atoms with van der Waals surface area (Å²) in [6.45, 7) is 8.66. The van der Waals surface area contributed by atoms with Crippen LogP contribution < -0.4 is 5.73 Å². The van der Waals surface area contributed by atoms with Crippen molar-refractivity contribution in [1.29, 1.82) is 0 Å². The van der Waals surface area contributed by atoms with E-state index in [-0.39, 0.29) is 11.5 Å². The summed E-state index contributed by atoms with van der Waals surface area (Å²) in [4.78, 5) is 4.13. The highest BCUT2D eigenvalue weighted by Gasteiger charge is 2.26. The Bertz CT molecular complexity index is 305. The molecule has 0 saturated heterocycles. The summed E-state index contributed by atoms with van der Waals surface area (Å²) in [7, 11) is 0. The number of aryl methyl sites for hydroxylation is 1. The Morgan fingerprint density at radius 3 is 2.64 bits per heavy atom. The second kappa shape index (κ2) is 4.09.